The number of rotatable bonds is 59. The molecule has 0 heterocycles. The fourth-order valence-electron chi connectivity index (χ4n) is 9.41. The lowest BCUT2D eigenvalue weighted by Crippen LogP contribution is -2.30. The molecule has 6 heteroatoms. The maximum absolute atomic E-state index is 12.9. The molecule has 0 aromatic carbocycles. The molecule has 0 rings (SSSR count). The number of allylic oxidation sites excluding steroid dienone is 8. The van der Waals surface area contributed by atoms with Gasteiger partial charge in [0.25, 0.3) is 0 Å². The monoisotopic (exact) mass is 1020 g/mol. The van der Waals surface area contributed by atoms with E-state index in [1.54, 1.807) is 0 Å². The summed E-state index contributed by atoms with van der Waals surface area (Å²) >= 11 is 0. The Hall–Kier alpha value is -2.63. The second kappa shape index (κ2) is 61.9. The van der Waals surface area contributed by atoms with Gasteiger partial charge in [-0.2, -0.15) is 0 Å². The molecule has 6 nitrogen and oxygen atoms in total. The summed E-state index contributed by atoms with van der Waals surface area (Å²) in [5, 5.41) is 0. The summed E-state index contributed by atoms with van der Waals surface area (Å²) in [6, 6.07) is 0. The summed E-state index contributed by atoms with van der Waals surface area (Å²) in [4.78, 5) is 38.3. The number of carbonyl (C=O) groups is 3. The first-order chi connectivity index (χ1) is 36.0. The van der Waals surface area contributed by atoms with Crippen molar-refractivity contribution in [3.8, 4) is 0 Å². The van der Waals surface area contributed by atoms with E-state index in [9.17, 15) is 14.4 Å². The molecule has 0 aromatic heterocycles. The van der Waals surface area contributed by atoms with Gasteiger partial charge in [0, 0.05) is 19.3 Å². The van der Waals surface area contributed by atoms with Crippen molar-refractivity contribution in [2.24, 2.45) is 0 Å². The van der Waals surface area contributed by atoms with Crippen molar-refractivity contribution in [1.29, 1.82) is 0 Å². The standard InChI is InChI=1S/C67H122O6/c1-4-7-10-13-16-19-22-25-27-29-31-32-33-34-36-37-39-42-45-48-51-54-57-60-66(69)72-63-64(62-71-65(68)59-56-53-50-47-44-41-24-21-18-15-12-9-6-3)73-67(70)61-58-55-52-49-46-43-40-38-35-30-28-26-23-20-17-14-11-8-5-2/h12,15,21,24,26,28-29,31,64H,4-11,13-14,16-20,22-23,25,27,30,32-63H2,1-3H3/b15-12-,24-21-,28-26-,31-29-. The molecule has 0 N–H and O–H groups in total. The van der Waals surface area contributed by atoms with Gasteiger partial charge in [-0.15, -0.1) is 0 Å². The highest BCUT2D eigenvalue weighted by Gasteiger charge is 2.19. The van der Waals surface area contributed by atoms with Crippen molar-refractivity contribution in [2.75, 3.05) is 13.2 Å². The average Bonchev–Trinajstić information content (AvgIpc) is 3.39. The van der Waals surface area contributed by atoms with E-state index in [1.807, 2.05) is 0 Å². The number of carbonyl (C=O) groups excluding carboxylic acids is 3. The molecule has 0 spiro atoms. The molecule has 0 saturated heterocycles. The van der Waals surface area contributed by atoms with Crippen LogP contribution in [0.4, 0.5) is 0 Å². The molecule has 0 aromatic rings. The summed E-state index contributed by atoms with van der Waals surface area (Å²) in [7, 11) is 0. The van der Waals surface area contributed by atoms with Crippen molar-refractivity contribution in [3.63, 3.8) is 0 Å². The van der Waals surface area contributed by atoms with Gasteiger partial charge in [-0.1, -0.05) is 275 Å². The van der Waals surface area contributed by atoms with Crippen molar-refractivity contribution < 1.29 is 28.6 Å². The summed E-state index contributed by atoms with van der Waals surface area (Å²) in [5.74, 6) is -0.876. The highest BCUT2D eigenvalue weighted by Crippen LogP contribution is 2.17. The third-order valence-corrected chi connectivity index (χ3v) is 14.3. The maximum atomic E-state index is 12.9. The van der Waals surface area contributed by atoms with E-state index >= 15 is 0 Å². The molecule has 0 amide bonds. The zero-order valence-electron chi connectivity index (χ0n) is 48.9. The number of hydrogen-bond acceptors (Lipinski definition) is 6. The van der Waals surface area contributed by atoms with Crippen LogP contribution in [0.1, 0.15) is 342 Å². The van der Waals surface area contributed by atoms with E-state index in [4.69, 9.17) is 14.2 Å². The van der Waals surface area contributed by atoms with Crippen LogP contribution in [0, 0.1) is 0 Å². The minimum Gasteiger partial charge on any atom is -0.462 e. The van der Waals surface area contributed by atoms with Crippen LogP contribution >= 0.6 is 0 Å². The lowest BCUT2D eigenvalue weighted by Gasteiger charge is -2.18. The van der Waals surface area contributed by atoms with Crippen LogP contribution in [-0.4, -0.2) is 37.2 Å². The number of ether oxygens (including phenoxy) is 3. The predicted octanol–water partition coefficient (Wildman–Crippen LogP) is 21.8. The van der Waals surface area contributed by atoms with Gasteiger partial charge >= 0.3 is 17.9 Å². The molecule has 0 radical (unpaired) electrons. The minimum atomic E-state index is -0.780. The molecule has 426 valence electrons. The molecule has 0 aliphatic rings. The number of esters is 3. The van der Waals surface area contributed by atoms with Gasteiger partial charge in [-0.05, 0) is 96.3 Å². The van der Waals surface area contributed by atoms with E-state index < -0.39 is 6.10 Å². The quantitative estimate of drug-likeness (QED) is 0.0261. The van der Waals surface area contributed by atoms with Gasteiger partial charge in [0.15, 0.2) is 6.10 Å². The topological polar surface area (TPSA) is 78.9 Å². The molecular weight excluding hydrogens is 901 g/mol. The summed E-state index contributed by atoms with van der Waals surface area (Å²) < 4.78 is 16.9. The summed E-state index contributed by atoms with van der Waals surface area (Å²) in [6.07, 6.45) is 76.9. The second-order valence-electron chi connectivity index (χ2n) is 21.7. The van der Waals surface area contributed by atoms with Gasteiger partial charge in [-0.3, -0.25) is 14.4 Å². The zero-order chi connectivity index (χ0) is 52.9. The fraction of sp³-hybridized carbons (Fsp3) is 0.836. The van der Waals surface area contributed by atoms with Crippen LogP contribution in [0.2, 0.25) is 0 Å². The molecule has 1 unspecified atom stereocenters. The Bertz CT molecular complexity index is 1270. The van der Waals surface area contributed by atoms with Gasteiger partial charge in [0.05, 0.1) is 0 Å². The Balaban J connectivity index is 4.29. The smallest absolute Gasteiger partial charge is 0.306 e. The van der Waals surface area contributed by atoms with Crippen LogP contribution < -0.4 is 0 Å². The first-order valence-corrected chi connectivity index (χ1v) is 32.1. The van der Waals surface area contributed by atoms with E-state index in [0.717, 1.165) is 83.5 Å². The van der Waals surface area contributed by atoms with Crippen LogP contribution in [0.25, 0.3) is 0 Å². The maximum Gasteiger partial charge on any atom is 0.306 e. The molecular formula is C67H122O6. The van der Waals surface area contributed by atoms with Crippen LogP contribution in [0.3, 0.4) is 0 Å². The molecule has 0 fully saturated rings. The first-order valence-electron chi connectivity index (χ1n) is 32.1. The first kappa shape index (κ1) is 70.4. The van der Waals surface area contributed by atoms with Crippen molar-refractivity contribution in [1.82, 2.24) is 0 Å². The molecule has 0 aliphatic heterocycles. The lowest BCUT2D eigenvalue weighted by atomic mass is 10.0. The third kappa shape index (κ3) is 60.1. The van der Waals surface area contributed by atoms with Gasteiger partial charge < -0.3 is 14.2 Å². The SMILES string of the molecule is CCC/C=C\C/C=C\CCCCCCCC(=O)OCC(COC(=O)CCCCCCCCCCCCC/C=C\CCCCCCCCCC)OC(=O)CCCCCCCCCCC/C=C\CCCCCCCC. The lowest BCUT2D eigenvalue weighted by molar-refractivity contribution is -0.167. The van der Waals surface area contributed by atoms with Gasteiger partial charge in [0.1, 0.15) is 13.2 Å². The Morgan fingerprint density at radius 1 is 0.274 bits per heavy atom. The molecule has 1 atom stereocenters. The van der Waals surface area contributed by atoms with E-state index in [0.29, 0.717) is 19.3 Å². The van der Waals surface area contributed by atoms with Crippen LogP contribution in [-0.2, 0) is 28.6 Å². The van der Waals surface area contributed by atoms with Gasteiger partial charge in [-0.25, -0.2) is 0 Å². The molecule has 73 heavy (non-hydrogen) atoms. The zero-order valence-corrected chi connectivity index (χ0v) is 48.9. The molecule has 0 aliphatic carbocycles. The van der Waals surface area contributed by atoms with Crippen molar-refractivity contribution in [2.45, 2.75) is 348 Å². The second-order valence-corrected chi connectivity index (χ2v) is 21.7. The Morgan fingerprint density at radius 2 is 0.521 bits per heavy atom. The molecule has 0 bridgehead atoms. The van der Waals surface area contributed by atoms with E-state index in [-0.39, 0.29) is 31.1 Å². The highest BCUT2D eigenvalue weighted by atomic mass is 16.6. The Morgan fingerprint density at radius 3 is 0.822 bits per heavy atom. The largest absolute Gasteiger partial charge is 0.462 e. The average molecular weight is 1020 g/mol. The van der Waals surface area contributed by atoms with Crippen LogP contribution in [0.15, 0.2) is 48.6 Å². The third-order valence-electron chi connectivity index (χ3n) is 14.3. The molecule has 0 saturated carbocycles. The van der Waals surface area contributed by atoms with Crippen molar-refractivity contribution >= 4 is 17.9 Å². The normalized spacial score (nSPS) is 12.3. The van der Waals surface area contributed by atoms with E-state index in [2.05, 4.69) is 69.4 Å². The van der Waals surface area contributed by atoms with Gasteiger partial charge in [0.2, 0.25) is 0 Å². The highest BCUT2D eigenvalue weighted by molar-refractivity contribution is 5.71. The fourth-order valence-corrected chi connectivity index (χ4v) is 9.41. The summed E-state index contributed by atoms with van der Waals surface area (Å²) in [5.41, 5.74) is 0. The Labute approximate surface area is 454 Å². The number of unbranched alkanes of at least 4 members (excludes halogenated alkanes) is 40. The Kier molecular flexibility index (Phi) is 59.7. The minimum absolute atomic E-state index is 0.0765. The van der Waals surface area contributed by atoms with Crippen molar-refractivity contribution in [3.05, 3.63) is 48.6 Å². The van der Waals surface area contributed by atoms with Crippen LogP contribution in [0.5, 0.6) is 0 Å². The number of hydrogen-bond donors (Lipinski definition) is 0. The predicted molar refractivity (Wildman–Crippen MR) is 316 cm³/mol. The summed E-state index contributed by atoms with van der Waals surface area (Å²) in [6.45, 7) is 6.61. The van der Waals surface area contributed by atoms with E-state index in [1.165, 1.54) is 218 Å².